The fourth-order valence-electron chi connectivity index (χ4n) is 1.99. The van der Waals surface area contributed by atoms with Crippen molar-refractivity contribution in [3.63, 3.8) is 0 Å². The van der Waals surface area contributed by atoms with Gasteiger partial charge in [-0.1, -0.05) is 60.7 Å². The van der Waals surface area contributed by atoms with Crippen LogP contribution in [-0.4, -0.2) is 7.05 Å². The topological polar surface area (TPSA) is 27.0 Å². The van der Waals surface area contributed by atoms with E-state index in [2.05, 4.69) is 24.3 Å². The molecule has 104 valence electrons. The van der Waals surface area contributed by atoms with Crippen LogP contribution in [-0.2, 0) is 6.42 Å². The standard InChI is InChI=1S/C19H18N2/c1-21(18-13-6-3-7-14-18)19(16-20)15-9-8-12-17-10-4-2-5-11-17/h2-11,13-15H,12H2,1H3/b9-8+,19-15-. The maximum Gasteiger partial charge on any atom is 0.120 e. The Bertz CT molecular complexity index is 649. The van der Waals surface area contributed by atoms with Crippen LogP contribution in [0.5, 0.6) is 0 Å². The van der Waals surface area contributed by atoms with Crippen molar-refractivity contribution in [3.05, 3.63) is 90.2 Å². The Kier molecular flexibility index (Phi) is 5.37. The van der Waals surface area contributed by atoms with E-state index in [4.69, 9.17) is 0 Å². The number of nitrogens with zero attached hydrogens (tertiary/aromatic N) is 2. The molecule has 2 aromatic carbocycles. The van der Waals surface area contributed by atoms with E-state index in [9.17, 15) is 5.26 Å². The first-order chi connectivity index (χ1) is 10.3. The number of para-hydroxylation sites is 1. The summed E-state index contributed by atoms with van der Waals surface area (Å²) in [6.45, 7) is 0. The summed E-state index contributed by atoms with van der Waals surface area (Å²) in [5.74, 6) is 0. The zero-order chi connectivity index (χ0) is 14.9. The van der Waals surface area contributed by atoms with E-state index in [0.717, 1.165) is 12.1 Å². The number of hydrogen-bond donors (Lipinski definition) is 0. The summed E-state index contributed by atoms with van der Waals surface area (Å²) >= 11 is 0. The van der Waals surface area contributed by atoms with Gasteiger partial charge in [-0.05, 0) is 30.2 Å². The van der Waals surface area contributed by atoms with Gasteiger partial charge in [0.2, 0.25) is 0 Å². The third kappa shape index (κ3) is 4.36. The van der Waals surface area contributed by atoms with Crippen LogP contribution < -0.4 is 4.90 Å². The first-order valence-corrected chi connectivity index (χ1v) is 6.91. The zero-order valence-electron chi connectivity index (χ0n) is 12.1. The minimum atomic E-state index is 0.616. The van der Waals surface area contributed by atoms with Crippen LogP contribution in [0, 0.1) is 11.3 Å². The van der Waals surface area contributed by atoms with Crippen molar-refractivity contribution >= 4 is 5.69 Å². The van der Waals surface area contributed by atoms with Gasteiger partial charge in [0.15, 0.2) is 0 Å². The number of rotatable bonds is 5. The summed E-state index contributed by atoms with van der Waals surface area (Å²) in [6.07, 6.45) is 6.71. The van der Waals surface area contributed by atoms with Crippen LogP contribution in [0.15, 0.2) is 84.6 Å². The number of anilines is 1. The highest BCUT2D eigenvalue weighted by atomic mass is 15.1. The molecule has 0 spiro atoms. The van der Waals surface area contributed by atoms with Gasteiger partial charge in [0.1, 0.15) is 11.8 Å². The molecule has 0 bridgehead atoms. The maximum atomic E-state index is 9.28. The Morgan fingerprint density at radius 1 is 1.05 bits per heavy atom. The molecule has 0 saturated carbocycles. The molecular formula is C19H18N2. The lowest BCUT2D eigenvalue weighted by Crippen LogP contribution is -2.14. The monoisotopic (exact) mass is 274 g/mol. The van der Waals surface area contributed by atoms with Crippen LogP contribution in [0.1, 0.15) is 5.56 Å². The van der Waals surface area contributed by atoms with Crippen LogP contribution in [0.2, 0.25) is 0 Å². The Morgan fingerprint density at radius 2 is 1.67 bits per heavy atom. The van der Waals surface area contributed by atoms with Crippen molar-refractivity contribution in [1.82, 2.24) is 0 Å². The Labute approximate surface area is 126 Å². The molecule has 0 fully saturated rings. The van der Waals surface area contributed by atoms with Crippen molar-refractivity contribution in [2.24, 2.45) is 0 Å². The maximum absolute atomic E-state index is 9.28. The van der Waals surface area contributed by atoms with Crippen LogP contribution in [0.3, 0.4) is 0 Å². The summed E-state index contributed by atoms with van der Waals surface area (Å²) in [7, 11) is 1.90. The summed E-state index contributed by atoms with van der Waals surface area (Å²) in [5, 5.41) is 9.28. The molecule has 0 saturated heterocycles. The lowest BCUT2D eigenvalue weighted by molar-refractivity contribution is 1.14. The second-order valence-electron chi connectivity index (χ2n) is 4.68. The molecule has 2 rings (SSSR count). The molecule has 0 radical (unpaired) electrons. The van der Waals surface area contributed by atoms with Crippen molar-refractivity contribution in [2.75, 3.05) is 11.9 Å². The molecule has 0 aliphatic heterocycles. The molecule has 2 heteroatoms. The van der Waals surface area contributed by atoms with Gasteiger partial charge in [0.25, 0.3) is 0 Å². The van der Waals surface area contributed by atoms with Crippen molar-refractivity contribution < 1.29 is 0 Å². The largest absolute Gasteiger partial charge is 0.336 e. The highest BCUT2D eigenvalue weighted by molar-refractivity contribution is 5.55. The van der Waals surface area contributed by atoms with E-state index in [1.807, 2.05) is 72.6 Å². The quantitative estimate of drug-likeness (QED) is 0.599. The van der Waals surface area contributed by atoms with E-state index >= 15 is 0 Å². The lowest BCUT2D eigenvalue weighted by atomic mass is 10.1. The summed E-state index contributed by atoms with van der Waals surface area (Å²) in [4.78, 5) is 1.88. The number of hydrogen-bond acceptors (Lipinski definition) is 2. The third-order valence-electron chi connectivity index (χ3n) is 3.21. The van der Waals surface area contributed by atoms with E-state index < -0.39 is 0 Å². The van der Waals surface area contributed by atoms with Crippen LogP contribution in [0.4, 0.5) is 5.69 Å². The normalized spacial score (nSPS) is 11.3. The number of nitriles is 1. The first-order valence-electron chi connectivity index (χ1n) is 6.91. The molecule has 0 aliphatic rings. The van der Waals surface area contributed by atoms with Gasteiger partial charge >= 0.3 is 0 Å². The van der Waals surface area contributed by atoms with E-state index in [-0.39, 0.29) is 0 Å². The zero-order valence-corrected chi connectivity index (χ0v) is 12.1. The third-order valence-corrected chi connectivity index (χ3v) is 3.21. The molecule has 0 unspecified atom stereocenters. The lowest BCUT2D eigenvalue weighted by Gasteiger charge is -2.17. The predicted molar refractivity (Wildman–Crippen MR) is 87.8 cm³/mol. The first kappa shape index (κ1) is 14.6. The SMILES string of the molecule is CN(/C(C#N)=C\C=C\Cc1ccccc1)c1ccccc1. The minimum absolute atomic E-state index is 0.616. The van der Waals surface area contributed by atoms with Gasteiger partial charge in [0.05, 0.1) is 0 Å². The summed E-state index contributed by atoms with van der Waals surface area (Å²) in [6, 6.07) is 22.4. The molecule has 0 aromatic heterocycles. The molecule has 0 heterocycles. The molecule has 0 N–H and O–H groups in total. The average molecular weight is 274 g/mol. The van der Waals surface area contributed by atoms with Gasteiger partial charge in [-0.3, -0.25) is 0 Å². The van der Waals surface area contributed by atoms with E-state index in [0.29, 0.717) is 5.70 Å². The second kappa shape index (κ2) is 7.72. The summed E-state index contributed by atoms with van der Waals surface area (Å²) in [5.41, 5.74) is 2.88. The van der Waals surface area contributed by atoms with Crippen molar-refractivity contribution in [1.29, 1.82) is 5.26 Å². The Morgan fingerprint density at radius 3 is 2.29 bits per heavy atom. The van der Waals surface area contributed by atoms with Crippen LogP contribution >= 0.6 is 0 Å². The fourth-order valence-corrected chi connectivity index (χ4v) is 1.99. The molecule has 2 aromatic rings. The Hall–Kier alpha value is -2.79. The van der Waals surface area contributed by atoms with Crippen LogP contribution in [0.25, 0.3) is 0 Å². The number of benzene rings is 2. The van der Waals surface area contributed by atoms with Crippen molar-refractivity contribution in [2.45, 2.75) is 6.42 Å². The van der Waals surface area contributed by atoms with E-state index in [1.165, 1.54) is 5.56 Å². The predicted octanol–water partition coefficient (Wildman–Crippen LogP) is 4.33. The molecular weight excluding hydrogens is 256 g/mol. The molecule has 0 atom stereocenters. The van der Waals surface area contributed by atoms with Gasteiger partial charge < -0.3 is 4.90 Å². The van der Waals surface area contributed by atoms with Gasteiger partial charge in [0, 0.05) is 12.7 Å². The smallest absolute Gasteiger partial charge is 0.120 e. The van der Waals surface area contributed by atoms with Crippen molar-refractivity contribution in [3.8, 4) is 6.07 Å². The van der Waals surface area contributed by atoms with Gasteiger partial charge in [-0.15, -0.1) is 0 Å². The molecule has 2 nitrogen and oxygen atoms in total. The molecule has 21 heavy (non-hydrogen) atoms. The molecule has 0 aliphatic carbocycles. The van der Waals surface area contributed by atoms with Gasteiger partial charge in [-0.2, -0.15) is 5.26 Å². The Balaban J connectivity index is 2.02. The fraction of sp³-hybridized carbons (Fsp3) is 0.105. The second-order valence-corrected chi connectivity index (χ2v) is 4.68. The minimum Gasteiger partial charge on any atom is -0.336 e. The number of allylic oxidation sites excluding steroid dienone is 4. The highest BCUT2D eigenvalue weighted by Crippen LogP contribution is 2.16. The summed E-state index contributed by atoms with van der Waals surface area (Å²) < 4.78 is 0. The van der Waals surface area contributed by atoms with E-state index in [1.54, 1.807) is 0 Å². The average Bonchev–Trinajstić information content (AvgIpc) is 2.56. The highest BCUT2D eigenvalue weighted by Gasteiger charge is 2.04. The molecule has 0 amide bonds. The van der Waals surface area contributed by atoms with Gasteiger partial charge in [-0.25, -0.2) is 0 Å².